The average Bonchev–Trinajstić information content (AvgIpc) is 3.15. The molecule has 0 radical (unpaired) electrons. The lowest BCUT2D eigenvalue weighted by atomic mass is 9.84. The van der Waals surface area contributed by atoms with E-state index >= 15 is 0 Å². The summed E-state index contributed by atoms with van der Waals surface area (Å²) in [6.45, 7) is 0. The van der Waals surface area contributed by atoms with E-state index in [0.29, 0.717) is 11.8 Å². The first-order chi connectivity index (χ1) is 10.2. The van der Waals surface area contributed by atoms with Crippen LogP contribution in [-0.2, 0) is 6.42 Å². The van der Waals surface area contributed by atoms with E-state index in [9.17, 15) is 4.39 Å². The zero-order chi connectivity index (χ0) is 14.4. The van der Waals surface area contributed by atoms with E-state index in [0.717, 1.165) is 35.1 Å². The van der Waals surface area contributed by atoms with Gasteiger partial charge in [-0.1, -0.05) is 23.7 Å². The molecule has 0 spiro atoms. The Morgan fingerprint density at radius 3 is 2.90 bits per heavy atom. The van der Waals surface area contributed by atoms with Crippen molar-refractivity contribution in [3.8, 4) is 11.1 Å². The van der Waals surface area contributed by atoms with Crippen LogP contribution in [0.2, 0.25) is 0 Å². The Hall–Kier alpha value is -1.84. The number of anilines is 1. The molecule has 4 rings (SSSR count). The Morgan fingerprint density at radius 1 is 1.29 bits per heavy atom. The molecule has 2 aliphatic carbocycles. The van der Waals surface area contributed by atoms with Gasteiger partial charge in [0, 0.05) is 0 Å². The number of nitrogens with zero attached hydrogens (tertiary/aromatic N) is 1. The van der Waals surface area contributed by atoms with Crippen LogP contribution in [0.3, 0.4) is 0 Å². The minimum atomic E-state index is -0.265. The lowest BCUT2D eigenvalue weighted by molar-refractivity contribution is 0.322. The summed E-state index contributed by atoms with van der Waals surface area (Å²) >= 11 is 0. The third-order valence-corrected chi connectivity index (χ3v) is 5.24. The first kappa shape index (κ1) is 12.9. The summed E-state index contributed by atoms with van der Waals surface area (Å²) in [5.41, 5.74) is 8.34. The van der Waals surface area contributed by atoms with E-state index in [1.165, 1.54) is 37.8 Å². The first-order valence-corrected chi connectivity index (χ1v) is 7.70. The van der Waals surface area contributed by atoms with E-state index < -0.39 is 0 Å². The second-order valence-electron chi connectivity index (χ2n) is 6.52. The van der Waals surface area contributed by atoms with Crippen molar-refractivity contribution in [2.45, 2.75) is 32.1 Å². The van der Waals surface area contributed by atoms with Gasteiger partial charge in [0.2, 0.25) is 5.88 Å². The van der Waals surface area contributed by atoms with Gasteiger partial charge in [-0.25, -0.2) is 4.39 Å². The number of rotatable bonds is 3. The third-order valence-electron chi connectivity index (χ3n) is 5.24. The van der Waals surface area contributed by atoms with Gasteiger partial charge in [0.15, 0.2) is 0 Å². The lowest BCUT2D eigenvalue weighted by Crippen LogP contribution is -2.13. The number of nitrogen functional groups attached to an aromatic ring is 1. The molecule has 3 atom stereocenters. The summed E-state index contributed by atoms with van der Waals surface area (Å²) in [6.07, 6.45) is 6.29. The second-order valence-corrected chi connectivity index (χ2v) is 6.52. The lowest BCUT2D eigenvalue weighted by Gasteiger charge is -2.20. The van der Waals surface area contributed by atoms with Crippen molar-refractivity contribution < 1.29 is 8.91 Å². The number of benzene rings is 1. The van der Waals surface area contributed by atoms with Crippen LogP contribution in [-0.4, -0.2) is 5.16 Å². The maximum atomic E-state index is 13.5. The van der Waals surface area contributed by atoms with Crippen LogP contribution in [0.25, 0.3) is 11.1 Å². The Labute approximate surface area is 123 Å². The van der Waals surface area contributed by atoms with E-state index in [-0.39, 0.29) is 5.82 Å². The van der Waals surface area contributed by atoms with E-state index in [1.54, 1.807) is 6.07 Å². The molecule has 4 heteroatoms. The summed E-state index contributed by atoms with van der Waals surface area (Å²) < 4.78 is 18.6. The van der Waals surface area contributed by atoms with Crippen molar-refractivity contribution in [2.75, 3.05) is 5.73 Å². The third kappa shape index (κ3) is 2.23. The summed E-state index contributed by atoms with van der Waals surface area (Å²) in [4.78, 5) is 0. The van der Waals surface area contributed by atoms with Crippen LogP contribution >= 0.6 is 0 Å². The standard InChI is InChI=1S/C17H19FN2O/c18-14-3-1-2-12(8-14)16-15(20-21-17(16)19)9-13-7-10-4-5-11(13)6-10/h1-3,8,10-11,13H,4-7,9,19H2. The number of nitrogens with two attached hydrogens (primary N) is 1. The number of hydrogen-bond acceptors (Lipinski definition) is 3. The number of halogens is 1. The highest BCUT2D eigenvalue weighted by Gasteiger charge is 2.40. The molecular formula is C17H19FN2O. The SMILES string of the molecule is Nc1onc(CC2CC3CCC2C3)c1-c1cccc(F)c1. The maximum absolute atomic E-state index is 13.5. The van der Waals surface area contributed by atoms with Crippen molar-refractivity contribution in [3.05, 3.63) is 35.8 Å². The molecule has 3 nitrogen and oxygen atoms in total. The Morgan fingerprint density at radius 2 is 2.19 bits per heavy atom. The number of aromatic nitrogens is 1. The van der Waals surface area contributed by atoms with E-state index in [2.05, 4.69) is 5.16 Å². The fourth-order valence-electron chi connectivity index (χ4n) is 4.30. The molecule has 110 valence electrons. The highest BCUT2D eigenvalue weighted by molar-refractivity contribution is 5.75. The van der Waals surface area contributed by atoms with Gasteiger partial charge in [-0.05, 0) is 61.1 Å². The van der Waals surface area contributed by atoms with Crippen molar-refractivity contribution in [3.63, 3.8) is 0 Å². The predicted octanol–water partition coefficient (Wildman–Crippen LogP) is 4.04. The molecule has 2 aliphatic rings. The number of hydrogen-bond donors (Lipinski definition) is 1. The van der Waals surface area contributed by atoms with Crippen molar-refractivity contribution in [1.82, 2.24) is 5.16 Å². The molecule has 2 saturated carbocycles. The molecular weight excluding hydrogens is 267 g/mol. The first-order valence-electron chi connectivity index (χ1n) is 7.70. The van der Waals surface area contributed by atoms with Crippen molar-refractivity contribution >= 4 is 5.88 Å². The molecule has 1 heterocycles. The fraction of sp³-hybridized carbons (Fsp3) is 0.471. The molecule has 0 saturated heterocycles. The minimum Gasteiger partial charge on any atom is -0.367 e. The quantitative estimate of drug-likeness (QED) is 0.926. The molecule has 2 fully saturated rings. The summed E-state index contributed by atoms with van der Waals surface area (Å²) in [5, 5.41) is 4.15. The van der Waals surface area contributed by atoms with Gasteiger partial charge in [0.1, 0.15) is 5.82 Å². The van der Waals surface area contributed by atoms with Crippen molar-refractivity contribution in [1.29, 1.82) is 0 Å². The molecule has 2 N–H and O–H groups in total. The highest BCUT2D eigenvalue weighted by atomic mass is 19.1. The Kier molecular flexibility index (Phi) is 2.98. The summed E-state index contributed by atoms with van der Waals surface area (Å²) in [5.74, 6) is 2.44. The van der Waals surface area contributed by atoms with Gasteiger partial charge in [-0.15, -0.1) is 0 Å². The zero-order valence-corrected chi connectivity index (χ0v) is 11.9. The van der Waals surface area contributed by atoms with Crippen LogP contribution in [0.15, 0.2) is 28.8 Å². The fourth-order valence-corrected chi connectivity index (χ4v) is 4.30. The molecule has 2 aromatic rings. The van der Waals surface area contributed by atoms with Gasteiger partial charge in [0.05, 0.1) is 11.3 Å². The largest absolute Gasteiger partial charge is 0.367 e. The summed E-state index contributed by atoms with van der Waals surface area (Å²) in [7, 11) is 0. The smallest absolute Gasteiger partial charge is 0.230 e. The van der Waals surface area contributed by atoms with E-state index in [1.807, 2.05) is 6.07 Å². The van der Waals surface area contributed by atoms with Gasteiger partial charge < -0.3 is 10.3 Å². The van der Waals surface area contributed by atoms with Gasteiger partial charge >= 0.3 is 0 Å². The molecule has 2 bridgehead atoms. The molecule has 0 amide bonds. The van der Waals surface area contributed by atoms with Gasteiger partial charge in [0.25, 0.3) is 0 Å². The van der Waals surface area contributed by atoms with Crippen LogP contribution in [0.5, 0.6) is 0 Å². The van der Waals surface area contributed by atoms with Crippen LogP contribution in [0.4, 0.5) is 10.3 Å². The average molecular weight is 286 g/mol. The van der Waals surface area contributed by atoms with Crippen LogP contribution < -0.4 is 5.73 Å². The minimum absolute atomic E-state index is 0.265. The Balaban J connectivity index is 1.64. The van der Waals surface area contributed by atoms with Crippen LogP contribution in [0.1, 0.15) is 31.4 Å². The molecule has 3 unspecified atom stereocenters. The molecule has 21 heavy (non-hydrogen) atoms. The van der Waals surface area contributed by atoms with Gasteiger partial charge in [-0.3, -0.25) is 0 Å². The second kappa shape index (κ2) is 4.86. The van der Waals surface area contributed by atoms with Crippen molar-refractivity contribution in [2.24, 2.45) is 17.8 Å². The Bertz CT molecular complexity index is 667. The topological polar surface area (TPSA) is 52.0 Å². The highest BCUT2D eigenvalue weighted by Crippen LogP contribution is 2.50. The maximum Gasteiger partial charge on any atom is 0.230 e. The molecule has 1 aromatic carbocycles. The molecule has 0 aliphatic heterocycles. The zero-order valence-electron chi connectivity index (χ0n) is 11.9. The van der Waals surface area contributed by atoms with Gasteiger partial charge in [-0.2, -0.15) is 0 Å². The predicted molar refractivity (Wildman–Crippen MR) is 79.0 cm³/mol. The van der Waals surface area contributed by atoms with Crippen LogP contribution in [0, 0.1) is 23.6 Å². The number of fused-ring (bicyclic) bond motifs is 2. The summed E-state index contributed by atoms with van der Waals surface area (Å²) in [6, 6.07) is 6.48. The molecule has 1 aromatic heterocycles. The van der Waals surface area contributed by atoms with E-state index in [4.69, 9.17) is 10.3 Å². The monoisotopic (exact) mass is 286 g/mol. The normalized spacial score (nSPS) is 27.4.